The molecule has 0 fully saturated rings. The number of hydrogen-bond acceptors (Lipinski definition) is 3. The molecule has 0 saturated heterocycles. The van der Waals surface area contributed by atoms with E-state index in [4.69, 9.17) is 16.7 Å². The van der Waals surface area contributed by atoms with E-state index < -0.39 is 0 Å². The van der Waals surface area contributed by atoms with Crippen molar-refractivity contribution in [2.24, 2.45) is 0 Å². The second-order valence-electron chi connectivity index (χ2n) is 9.79. The van der Waals surface area contributed by atoms with Gasteiger partial charge >= 0.3 is 0 Å². The molecule has 2 amide bonds. The Morgan fingerprint density at radius 1 is 1.06 bits per heavy atom. The molecule has 0 aliphatic heterocycles. The molecule has 1 aromatic heterocycles. The van der Waals surface area contributed by atoms with E-state index in [9.17, 15) is 9.59 Å². The first-order valence-corrected chi connectivity index (χ1v) is 12.7. The molecule has 0 aliphatic rings. The highest BCUT2D eigenvalue weighted by Gasteiger charge is 2.23. The Morgan fingerprint density at radius 3 is 2.42 bits per heavy atom. The number of aromatic nitrogens is 2. The number of halogens is 1. The van der Waals surface area contributed by atoms with Crippen LogP contribution in [0.5, 0.6) is 0 Å². The van der Waals surface area contributed by atoms with Crippen molar-refractivity contribution in [2.75, 3.05) is 18.4 Å². The molecule has 7 heteroatoms. The molecule has 3 aromatic rings. The highest BCUT2D eigenvalue weighted by Crippen LogP contribution is 2.29. The standard InChI is InChI=1S/C29H35ClN4O2/c1-5-6-12-19-33(28(36)18-17-22-13-8-7-9-14-22)21-27(35)31-26-20-25(29(2,3)4)32-34(26)24-16-11-10-15-23(24)30/h7-11,13-18,20H,5-6,12,19,21H2,1-4H3,(H,31,35). The second-order valence-corrected chi connectivity index (χ2v) is 10.2. The zero-order chi connectivity index (χ0) is 26.1. The minimum atomic E-state index is -0.290. The van der Waals surface area contributed by atoms with Crippen LogP contribution in [0.1, 0.15) is 58.2 Å². The number of amides is 2. The Morgan fingerprint density at radius 2 is 1.75 bits per heavy atom. The summed E-state index contributed by atoms with van der Waals surface area (Å²) in [4.78, 5) is 27.7. The van der Waals surface area contributed by atoms with E-state index in [1.54, 1.807) is 21.7 Å². The molecule has 0 atom stereocenters. The predicted molar refractivity (Wildman–Crippen MR) is 147 cm³/mol. The van der Waals surface area contributed by atoms with Crippen molar-refractivity contribution in [1.29, 1.82) is 0 Å². The topological polar surface area (TPSA) is 67.2 Å². The number of carbonyl (C=O) groups is 2. The van der Waals surface area contributed by atoms with Gasteiger partial charge in [-0.15, -0.1) is 0 Å². The number of para-hydroxylation sites is 1. The number of unbranched alkanes of at least 4 members (excludes halogenated alkanes) is 2. The Labute approximate surface area is 219 Å². The van der Waals surface area contributed by atoms with Gasteiger partial charge < -0.3 is 10.2 Å². The zero-order valence-electron chi connectivity index (χ0n) is 21.5. The fourth-order valence-corrected chi connectivity index (χ4v) is 3.87. The summed E-state index contributed by atoms with van der Waals surface area (Å²) in [7, 11) is 0. The van der Waals surface area contributed by atoms with Crippen molar-refractivity contribution in [2.45, 2.75) is 52.4 Å². The molecule has 0 spiro atoms. The van der Waals surface area contributed by atoms with Crippen LogP contribution >= 0.6 is 11.6 Å². The number of rotatable bonds is 10. The van der Waals surface area contributed by atoms with Gasteiger partial charge in [0.1, 0.15) is 12.4 Å². The predicted octanol–water partition coefficient (Wildman–Crippen LogP) is 6.49. The number of nitrogens with zero attached hydrogens (tertiary/aromatic N) is 3. The van der Waals surface area contributed by atoms with Crippen molar-refractivity contribution in [3.05, 3.63) is 83.0 Å². The normalized spacial score (nSPS) is 11.6. The number of nitrogens with one attached hydrogen (secondary N) is 1. The number of hydrogen-bond donors (Lipinski definition) is 1. The number of benzene rings is 2. The lowest BCUT2D eigenvalue weighted by Crippen LogP contribution is -2.38. The zero-order valence-corrected chi connectivity index (χ0v) is 22.3. The van der Waals surface area contributed by atoms with E-state index in [1.165, 1.54) is 6.08 Å². The van der Waals surface area contributed by atoms with Crippen LogP contribution in [-0.4, -0.2) is 39.6 Å². The lowest BCUT2D eigenvalue weighted by atomic mass is 9.92. The van der Waals surface area contributed by atoms with Gasteiger partial charge in [0, 0.05) is 24.1 Å². The summed E-state index contributed by atoms with van der Waals surface area (Å²) in [6, 6.07) is 18.9. The van der Waals surface area contributed by atoms with Crippen LogP contribution in [-0.2, 0) is 15.0 Å². The van der Waals surface area contributed by atoms with Crippen LogP contribution in [0.15, 0.2) is 66.7 Å². The number of carbonyl (C=O) groups excluding carboxylic acids is 2. The molecule has 190 valence electrons. The summed E-state index contributed by atoms with van der Waals surface area (Å²) in [5.74, 6) is 0.0283. The third kappa shape index (κ3) is 7.56. The van der Waals surface area contributed by atoms with Crippen LogP contribution < -0.4 is 5.32 Å². The van der Waals surface area contributed by atoms with Crippen LogP contribution in [0, 0.1) is 0 Å². The Hall–Kier alpha value is -3.38. The van der Waals surface area contributed by atoms with E-state index in [-0.39, 0.29) is 23.8 Å². The summed E-state index contributed by atoms with van der Waals surface area (Å²) < 4.78 is 1.65. The molecular weight excluding hydrogens is 472 g/mol. The van der Waals surface area contributed by atoms with Gasteiger partial charge in [-0.3, -0.25) is 9.59 Å². The maximum atomic E-state index is 13.2. The van der Waals surface area contributed by atoms with E-state index in [2.05, 4.69) is 33.0 Å². The number of anilines is 1. The smallest absolute Gasteiger partial charge is 0.247 e. The Balaban J connectivity index is 1.81. The van der Waals surface area contributed by atoms with Crippen LogP contribution in [0.25, 0.3) is 11.8 Å². The van der Waals surface area contributed by atoms with E-state index >= 15 is 0 Å². The summed E-state index contributed by atoms with van der Waals surface area (Å²) in [6.07, 6.45) is 6.15. The SMILES string of the molecule is CCCCCN(CC(=O)Nc1cc(C(C)(C)C)nn1-c1ccccc1Cl)C(=O)C=Cc1ccccc1. The maximum absolute atomic E-state index is 13.2. The minimum Gasteiger partial charge on any atom is -0.330 e. The average molecular weight is 507 g/mol. The largest absolute Gasteiger partial charge is 0.330 e. The van der Waals surface area contributed by atoms with Crippen molar-refractivity contribution in [3.8, 4) is 5.69 Å². The summed E-state index contributed by atoms with van der Waals surface area (Å²) in [5.41, 5.74) is 2.20. The molecule has 1 N–H and O–H groups in total. The van der Waals surface area contributed by atoms with Gasteiger partial charge in [-0.2, -0.15) is 5.10 Å². The van der Waals surface area contributed by atoms with Gasteiger partial charge in [0.15, 0.2) is 0 Å². The van der Waals surface area contributed by atoms with Gasteiger partial charge in [-0.05, 0) is 30.2 Å². The first-order valence-electron chi connectivity index (χ1n) is 12.4. The first kappa shape index (κ1) is 27.2. The molecular formula is C29H35ClN4O2. The lowest BCUT2D eigenvalue weighted by molar-refractivity contribution is -0.130. The second kappa shape index (κ2) is 12.5. The quantitative estimate of drug-likeness (QED) is 0.252. The molecule has 0 unspecified atom stereocenters. The van der Waals surface area contributed by atoms with Gasteiger partial charge in [0.25, 0.3) is 0 Å². The third-order valence-electron chi connectivity index (χ3n) is 5.72. The lowest BCUT2D eigenvalue weighted by Gasteiger charge is -2.21. The molecule has 2 aromatic carbocycles. The van der Waals surface area contributed by atoms with E-state index in [0.717, 1.165) is 30.5 Å². The highest BCUT2D eigenvalue weighted by molar-refractivity contribution is 6.32. The molecule has 1 heterocycles. The van der Waals surface area contributed by atoms with Crippen molar-refractivity contribution < 1.29 is 9.59 Å². The fraction of sp³-hybridized carbons (Fsp3) is 0.345. The molecule has 0 saturated carbocycles. The van der Waals surface area contributed by atoms with Crippen molar-refractivity contribution in [3.63, 3.8) is 0 Å². The van der Waals surface area contributed by atoms with Gasteiger partial charge in [-0.25, -0.2) is 4.68 Å². The van der Waals surface area contributed by atoms with Crippen LogP contribution in [0.2, 0.25) is 5.02 Å². The van der Waals surface area contributed by atoms with Gasteiger partial charge in [0.2, 0.25) is 11.8 Å². The summed E-state index contributed by atoms with van der Waals surface area (Å²) in [5, 5.41) is 8.22. The molecule has 36 heavy (non-hydrogen) atoms. The van der Waals surface area contributed by atoms with Crippen molar-refractivity contribution >= 4 is 35.3 Å². The first-order chi connectivity index (χ1) is 17.2. The van der Waals surface area contributed by atoms with E-state index in [1.807, 2.05) is 54.6 Å². The maximum Gasteiger partial charge on any atom is 0.247 e. The molecule has 0 radical (unpaired) electrons. The summed E-state index contributed by atoms with van der Waals surface area (Å²) >= 11 is 6.44. The Bertz CT molecular complexity index is 1200. The third-order valence-corrected chi connectivity index (χ3v) is 6.04. The molecule has 6 nitrogen and oxygen atoms in total. The average Bonchev–Trinajstić information content (AvgIpc) is 3.27. The summed E-state index contributed by atoms with van der Waals surface area (Å²) in [6.45, 7) is 8.74. The van der Waals surface area contributed by atoms with E-state index in [0.29, 0.717) is 23.1 Å². The highest BCUT2D eigenvalue weighted by atomic mass is 35.5. The van der Waals surface area contributed by atoms with Crippen LogP contribution in [0.4, 0.5) is 5.82 Å². The molecule has 0 bridgehead atoms. The minimum absolute atomic E-state index is 0.0553. The fourth-order valence-electron chi connectivity index (χ4n) is 3.66. The molecule has 3 rings (SSSR count). The monoisotopic (exact) mass is 506 g/mol. The van der Waals surface area contributed by atoms with Gasteiger partial charge in [0.05, 0.1) is 16.4 Å². The van der Waals surface area contributed by atoms with Crippen LogP contribution in [0.3, 0.4) is 0 Å². The van der Waals surface area contributed by atoms with Crippen molar-refractivity contribution in [1.82, 2.24) is 14.7 Å². The van der Waals surface area contributed by atoms with Gasteiger partial charge in [-0.1, -0.05) is 94.6 Å². The molecule has 0 aliphatic carbocycles. The Kier molecular flexibility index (Phi) is 9.48.